The molecule has 0 spiro atoms. The molecule has 0 aliphatic rings. The van der Waals surface area contributed by atoms with Gasteiger partial charge in [-0.1, -0.05) is 23.8 Å². The first-order valence-electron chi connectivity index (χ1n) is 5.28. The van der Waals surface area contributed by atoms with Gasteiger partial charge in [0.25, 0.3) is 0 Å². The number of benzene rings is 1. The van der Waals surface area contributed by atoms with E-state index in [1.165, 1.54) is 6.07 Å². The van der Waals surface area contributed by atoms with Crippen LogP contribution in [0.1, 0.15) is 11.8 Å². The van der Waals surface area contributed by atoms with Gasteiger partial charge in [-0.15, -0.1) is 22.9 Å². The summed E-state index contributed by atoms with van der Waals surface area (Å²) in [6, 6.07) is 10.7. The molecular formula is C14H12ClFS. The minimum absolute atomic E-state index is 0.182. The van der Waals surface area contributed by atoms with Crippen LogP contribution in [0.2, 0.25) is 0 Å². The van der Waals surface area contributed by atoms with Gasteiger partial charge < -0.3 is 0 Å². The molecule has 0 saturated heterocycles. The van der Waals surface area contributed by atoms with Gasteiger partial charge in [-0.25, -0.2) is 4.39 Å². The maximum atomic E-state index is 13.6. The highest BCUT2D eigenvalue weighted by molar-refractivity contribution is 7.16. The molecule has 17 heavy (non-hydrogen) atoms. The summed E-state index contributed by atoms with van der Waals surface area (Å²) in [6.07, 6.45) is 2.03. The van der Waals surface area contributed by atoms with Crippen LogP contribution >= 0.6 is 22.9 Å². The van der Waals surface area contributed by atoms with E-state index in [-0.39, 0.29) is 5.82 Å². The van der Waals surface area contributed by atoms with Crippen molar-refractivity contribution in [2.45, 2.75) is 6.92 Å². The zero-order chi connectivity index (χ0) is 12.3. The molecule has 0 nitrogen and oxygen atoms in total. The van der Waals surface area contributed by atoms with Crippen molar-refractivity contribution in [2.75, 3.05) is 5.88 Å². The molecule has 88 valence electrons. The van der Waals surface area contributed by atoms with Crippen molar-refractivity contribution in [1.82, 2.24) is 0 Å². The first kappa shape index (κ1) is 12.3. The van der Waals surface area contributed by atoms with Gasteiger partial charge >= 0.3 is 0 Å². The van der Waals surface area contributed by atoms with Gasteiger partial charge in [0.15, 0.2) is 0 Å². The number of alkyl halides is 1. The summed E-state index contributed by atoms with van der Waals surface area (Å²) < 4.78 is 13.6. The smallest absolute Gasteiger partial charge is 0.131 e. The molecule has 3 heteroatoms. The van der Waals surface area contributed by atoms with Gasteiger partial charge in [0, 0.05) is 21.2 Å². The van der Waals surface area contributed by atoms with Crippen LogP contribution in [0, 0.1) is 5.82 Å². The third-order valence-electron chi connectivity index (χ3n) is 2.37. The molecule has 1 aromatic heterocycles. The van der Waals surface area contributed by atoms with Crippen LogP contribution in [-0.4, -0.2) is 5.88 Å². The zero-order valence-electron chi connectivity index (χ0n) is 9.41. The van der Waals surface area contributed by atoms with E-state index < -0.39 is 0 Å². The summed E-state index contributed by atoms with van der Waals surface area (Å²) in [4.78, 5) is 2.04. The lowest BCUT2D eigenvalue weighted by Gasteiger charge is -1.98. The Hall–Kier alpha value is -1.12. The molecule has 1 heterocycles. The molecule has 1 aromatic carbocycles. The second-order valence-electron chi connectivity index (χ2n) is 3.81. The molecule has 0 atom stereocenters. The van der Waals surface area contributed by atoms with E-state index in [4.69, 9.17) is 11.6 Å². The molecule has 0 unspecified atom stereocenters. The second kappa shape index (κ2) is 5.48. The standard InChI is InChI=1S/C14H12ClFS/c1-10(9-15)8-11-6-7-14(17-11)12-4-2-3-5-13(12)16/h2-8H,9H2,1H3. The van der Waals surface area contributed by atoms with Crippen molar-refractivity contribution in [3.8, 4) is 10.4 Å². The lowest BCUT2D eigenvalue weighted by molar-refractivity contribution is 0.631. The number of thiophene rings is 1. The summed E-state index contributed by atoms with van der Waals surface area (Å²) >= 11 is 7.30. The van der Waals surface area contributed by atoms with E-state index in [2.05, 4.69) is 0 Å². The Balaban J connectivity index is 2.34. The SMILES string of the molecule is CC(=Cc1ccc(-c2ccccc2F)s1)CCl. The fourth-order valence-corrected chi connectivity index (χ4v) is 2.66. The Morgan fingerprint density at radius 3 is 2.76 bits per heavy atom. The van der Waals surface area contributed by atoms with E-state index in [1.54, 1.807) is 23.5 Å². The summed E-state index contributed by atoms with van der Waals surface area (Å²) in [6.45, 7) is 1.98. The van der Waals surface area contributed by atoms with Crippen molar-refractivity contribution in [3.05, 3.63) is 52.7 Å². The Morgan fingerprint density at radius 2 is 2.06 bits per heavy atom. The van der Waals surface area contributed by atoms with Crippen LogP contribution in [0.4, 0.5) is 4.39 Å². The molecular weight excluding hydrogens is 255 g/mol. The third kappa shape index (κ3) is 2.96. The fourth-order valence-electron chi connectivity index (χ4n) is 1.52. The quantitative estimate of drug-likeness (QED) is 0.670. The van der Waals surface area contributed by atoms with Crippen molar-refractivity contribution in [3.63, 3.8) is 0 Å². The summed E-state index contributed by atoms with van der Waals surface area (Å²) in [7, 11) is 0. The van der Waals surface area contributed by atoms with Gasteiger partial charge in [-0.3, -0.25) is 0 Å². The van der Waals surface area contributed by atoms with Gasteiger partial charge in [-0.05, 0) is 31.2 Å². The predicted molar refractivity (Wildman–Crippen MR) is 74.1 cm³/mol. The van der Waals surface area contributed by atoms with E-state index in [1.807, 2.05) is 31.2 Å². The number of allylic oxidation sites excluding steroid dienone is 1. The fraction of sp³-hybridized carbons (Fsp3) is 0.143. The normalized spacial score (nSPS) is 11.8. The molecule has 0 N–H and O–H groups in total. The minimum atomic E-state index is -0.182. The Labute approximate surface area is 109 Å². The first-order valence-corrected chi connectivity index (χ1v) is 6.63. The van der Waals surface area contributed by atoms with Gasteiger partial charge in [0.1, 0.15) is 5.82 Å². The van der Waals surface area contributed by atoms with Crippen molar-refractivity contribution in [1.29, 1.82) is 0 Å². The van der Waals surface area contributed by atoms with Gasteiger partial charge in [0.05, 0.1) is 0 Å². The lowest BCUT2D eigenvalue weighted by atomic mass is 10.2. The van der Waals surface area contributed by atoms with Crippen LogP contribution in [0.15, 0.2) is 42.0 Å². The molecule has 0 radical (unpaired) electrons. The Morgan fingerprint density at radius 1 is 1.29 bits per heavy atom. The summed E-state index contributed by atoms with van der Waals surface area (Å²) in [5, 5.41) is 0. The molecule has 2 aromatic rings. The number of hydrogen-bond donors (Lipinski definition) is 0. The van der Waals surface area contributed by atoms with Gasteiger partial charge in [0.2, 0.25) is 0 Å². The molecule has 0 fully saturated rings. The number of rotatable bonds is 3. The Kier molecular flexibility index (Phi) is 3.97. The van der Waals surface area contributed by atoms with Crippen LogP contribution in [-0.2, 0) is 0 Å². The highest BCUT2D eigenvalue weighted by Crippen LogP contribution is 2.31. The van der Waals surface area contributed by atoms with E-state index in [9.17, 15) is 4.39 Å². The molecule has 0 bridgehead atoms. The average molecular weight is 267 g/mol. The third-order valence-corrected chi connectivity index (χ3v) is 3.85. The maximum Gasteiger partial charge on any atom is 0.131 e. The van der Waals surface area contributed by atoms with Crippen LogP contribution in [0.3, 0.4) is 0 Å². The molecule has 0 aliphatic heterocycles. The zero-order valence-corrected chi connectivity index (χ0v) is 11.0. The van der Waals surface area contributed by atoms with E-state index in [0.717, 1.165) is 15.3 Å². The molecule has 0 saturated carbocycles. The first-order chi connectivity index (χ1) is 8.20. The summed E-state index contributed by atoms with van der Waals surface area (Å²) in [5.74, 6) is 0.339. The molecule has 0 amide bonds. The Bertz CT molecular complexity index is 543. The van der Waals surface area contributed by atoms with E-state index >= 15 is 0 Å². The van der Waals surface area contributed by atoms with Crippen molar-refractivity contribution in [2.24, 2.45) is 0 Å². The lowest BCUT2D eigenvalue weighted by Crippen LogP contribution is -1.78. The topological polar surface area (TPSA) is 0 Å². The highest BCUT2D eigenvalue weighted by Gasteiger charge is 2.06. The van der Waals surface area contributed by atoms with Crippen LogP contribution in [0.5, 0.6) is 0 Å². The van der Waals surface area contributed by atoms with Crippen molar-refractivity contribution >= 4 is 29.0 Å². The molecule has 0 aliphatic carbocycles. The van der Waals surface area contributed by atoms with Crippen LogP contribution in [0.25, 0.3) is 16.5 Å². The highest BCUT2D eigenvalue weighted by atomic mass is 35.5. The van der Waals surface area contributed by atoms with Crippen LogP contribution < -0.4 is 0 Å². The average Bonchev–Trinajstić information content (AvgIpc) is 2.78. The largest absolute Gasteiger partial charge is 0.206 e. The number of hydrogen-bond acceptors (Lipinski definition) is 1. The monoisotopic (exact) mass is 266 g/mol. The predicted octanol–water partition coefficient (Wildman–Crippen LogP) is 5.20. The molecule has 2 rings (SSSR count). The van der Waals surface area contributed by atoms with Gasteiger partial charge in [-0.2, -0.15) is 0 Å². The van der Waals surface area contributed by atoms with E-state index in [0.29, 0.717) is 11.4 Å². The van der Waals surface area contributed by atoms with Crippen molar-refractivity contribution < 1.29 is 4.39 Å². The second-order valence-corrected chi connectivity index (χ2v) is 5.19. The number of halogens is 2. The minimum Gasteiger partial charge on any atom is -0.206 e. The maximum absolute atomic E-state index is 13.6. The summed E-state index contributed by atoms with van der Waals surface area (Å²) in [5.41, 5.74) is 1.76.